The first-order chi connectivity index (χ1) is 8.60. The first-order valence-electron chi connectivity index (χ1n) is 5.48. The lowest BCUT2D eigenvalue weighted by Crippen LogP contribution is -2.26. The lowest BCUT2D eigenvalue weighted by atomic mass is 10.1. The summed E-state index contributed by atoms with van der Waals surface area (Å²) in [5.41, 5.74) is 0.648. The summed E-state index contributed by atoms with van der Waals surface area (Å²) in [6.07, 6.45) is 3.43. The van der Waals surface area contributed by atoms with Crippen molar-refractivity contribution in [3.05, 3.63) is 39.4 Å². The van der Waals surface area contributed by atoms with Crippen LogP contribution >= 0.6 is 23.2 Å². The summed E-state index contributed by atoms with van der Waals surface area (Å²) in [6, 6.07) is 7.01. The maximum absolute atomic E-state index is 11.7. The molecule has 0 aliphatic heterocycles. The molecule has 1 N–H and O–H groups in total. The van der Waals surface area contributed by atoms with E-state index in [1.54, 1.807) is 18.2 Å². The minimum atomic E-state index is -0.356. The smallest absolute Gasteiger partial charge is 0.262 e. The summed E-state index contributed by atoms with van der Waals surface area (Å²) >= 11 is 11.8. The van der Waals surface area contributed by atoms with E-state index in [9.17, 15) is 4.79 Å². The molecule has 0 radical (unpaired) electrons. The highest BCUT2D eigenvalue weighted by atomic mass is 35.5. The molecule has 5 heteroatoms. The number of nitrogens with one attached hydrogen (secondary N) is 1. The third-order valence-corrected chi connectivity index (χ3v) is 3.10. The second-order valence-electron chi connectivity index (χ2n) is 4.08. The predicted octanol–water partition coefficient (Wildman–Crippen LogP) is 3.18. The third kappa shape index (κ3) is 3.25. The normalized spacial score (nSPS) is 15.1. The van der Waals surface area contributed by atoms with Gasteiger partial charge in [-0.15, -0.1) is 0 Å². The highest BCUT2D eigenvalue weighted by Crippen LogP contribution is 2.24. The molecule has 0 saturated heterocycles. The van der Waals surface area contributed by atoms with Gasteiger partial charge in [0.1, 0.15) is 11.6 Å². The van der Waals surface area contributed by atoms with Crippen LogP contribution in [0, 0.1) is 11.3 Å². The van der Waals surface area contributed by atoms with Gasteiger partial charge in [-0.3, -0.25) is 4.79 Å². The molecule has 1 aliphatic carbocycles. The van der Waals surface area contributed by atoms with Crippen molar-refractivity contribution in [2.45, 2.75) is 18.9 Å². The van der Waals surface area contributed by atoms with Gasteiger partial charge >= 0.3 is 0 Å². The van der Waals surface area contributed by atoms with E-state index in [4.69, 9.17) is 28.5 Å². The van der Waals surface area contributed by atoms with E-state index < -0.39 is 0 Å². The zero-order valence-corrected chi connectivity index (χ0v) is 10.9. The topological polar surface area (TPSA) is 52.9 Å². The Kier molecular flexibility index (Phi) is 3.90. The first-order valence-corrected chi connectivity index (χ1v) is 6.23. The molecule has 92 valence electrons. The summed E-state index contributed by atoms with van der Waals surface area (Å²) in [6.45, 7) is 0. The maximum Gasteiger partial charge on any atom is 0.262 e. The van der Waals surface area contributed by atoms with Crippen LogP contribution in [0.15, 0.2) is 23.8 Å². The molecular weight excluding hydrogens is 271 g/mol. The number of rotatable bonds is 3. The number of halogens is 2. The second-order valence-corrected chi connectivity index (χ2v) is 4.93. The largest absolute Gasteiger partial charge is 0.349 e. The van der Waals surface area contributed by atoms with Crippen LogP contribution in [-0.2, 0) is 4.79 Å². The van der Waals surface area contributed by atoms with E-state index in [2.05, 4.69) is 5.32 Å². The van der Waals surface area contributed by atoms with Gasteiger partial charge in [-0.1, -0.05) is 29.3 Å². The van der Waals surface area contributed by atoms with Gasteiger partial charge in [0.05, 0.1) is 0 Å². The lowest BCUT2D eigenvalue weighted by Gasteiger charge is -2.03. The molecule has 0 unspecified atom stereocenters. The van der Waals surface area contributed by atoms with Crippen molar-refractivity contribution < 1.29 is 4.79 Å². The number of nitrogens with zero attached hydrogens (tertiary/aromatic N) is 1. The summed E-state index contributed by atoms with van der Waals surface area (Å²) < 4.78 is 0. The Hall–Kier alpha value is -1.50. The number of amides is 1. The number of nitriles is 1. The fourth-order valence-electron chi connectivity index (χ4n) is 1.41. The van der Waals surface area contributed by atoms with Crippen LogP contribution in [0.1, 0.15) is 18.4 Å². The van der Waals surface area contributed by atoms with E-state index in [1.807, 2.05) is 6.07 Å². The van der Waals surface area contributed by atoms with Crippen LogP contribution in [0.25, 0.3) is 6.08 Å². The second kappa shape index (κ2) is 5.43. The standard InChI is InChI=1S/C13H10Cl2N2O/c14-10-2-1-8(12(15)6-10)5-9(7-16)13(18)17-11-3-4-11/h1-2,5-6,11H,3-4H2,(H,17,18)/b9-5+. The molecule has 1 aliphatic rings. The van der Waals surface area contributed by atoms with Crippen LogP contribution in [0.4, 0.5) is 0 Å². The number of benzene rings is 1. The van der Waals surface area contributed by atoms with E-state index in [1.165, 1.54) is 6.08 Å². The third-order valence-electron chi connectivity index (χ3n) is 2.54. The molecule has 1 saturated carbocycles. The molecule has 1 aromatic rings. The van der Waals surface area contributed by atoms with Crippen molar-refractivity contribution in [1.29, 1.82) is 5.26 Å². The molecular formula is C13H10Cl2N2O. The predicted molar refractivity (Wildman–Crippen MR) is 71.2 cm³/mol. The van der Waals surface area contributed by atoms with E-state index in [0.717, 1.165) is 12.8 Å². The Morgan fingerprint density at radius 2 is 2.17 bits per heavy atom. The highest BCUT2D eigenvalue weighted by molar-refractivity contribution is 6.35. The zero-order valence-electron chi connectivity index (χ0n) is 9.41. The average Bonchev–Trinajstić information content (AvgIpc) is 3.12. The van der Waals surface area contributed by atoms with Crippen molar-refractivity contribution in [1.82, 2.24) is 5.32 Å². The van der Waals surface area contributed by atoms with Gasteiger partial charge in [0.15, 0.2) is 0 Å². The van der Waals surface area contributed by atoms with E-state index in [0.29, 0.717) is 15.6 Å². The number of carbonyl (C=O) groups is 1. The summed E-state index contributed by atoms with van der Waals surface area (Å²) in [5.74, 6) is -0.356. The molecule has 18 heavy (non-hydrogen) atoms. The molecule has 0 aromatic heterocycles. The highest BCUT2D eigenvalue weighted by Gasteiger charge is 2.24. The average molecular weight is 281 g/mol. The lowest BCUT2D eigenvalue weighted by molar-refractivity contribution is -0.117. The monoisotopic (exact) mass is 280 g/mol. The number of carbonyl (C=O) groups excluding carboxylic acids is 1. The Morgan fingerprint density at radius 1 is 1.44 bits per heavy atom. The first kappa shape index (κ1) is 12.9. The van der Waals surface area contributed by atoms with Crippen LogP contribution in [0.3, 0.4) is 0 Å². The Labute approximate surface area is 115 Å². The Balaban J connectivity index is 2.22. The van der Waals surface area contributed by atoms with Gasteiger partial charge in [-0.05, 0) is 36.6 Å². The van der Waals surface area contributed by atoms with Gasteiger partial charge in [-0.2, -0.15) is 5.26 Å². The molecule has 0 atom stereocenters. The Morgan fingerprint density at radius 3 is 2.72 bits per heavy atom. The van der Waals surface area contributed by atoms with Crippen molar-refractivity contribution in [2.75, 3.05) is 0 Å². The van der Waals surface area contributed by atoms with Crippen molar-refractivity contribution >= 4 is 35.2 Å². The summed E-state index contributed by atoms with van der Waals surface area (Å²) in [7, 11) is 0. The van der Waals surface area contributed by atoms with E-state index in [-0.39, 0.29) is 17.5 Å². The fraction of sp³-hybridized carbons (Fsp3) is 0.231. The quantitative estimate of drug-likeness (QED) is 0.683. The van der Waals surface area contributed by atoms with Crippen molar-refractivity contribution in [3.63, 3.8) is 0 Å². The molecule has 0 heterocycles. The molecule has 0 bridgehead atoms. The summed E-state index contributed by atoms with van der Waals surface area (Å²) in [4.78, 5) is 11.7. The Bertz CT molecular complexity index is 557. The van der Waals surface area contributed by atoms with Gasteiger partial charge in [0, 0.05) is 16.1 Å². The SMILES string of the molecule is N#C/C(=C\c1ccc(Cl)cc1Cl)C(=O)NC1CC1. The molecule has 1 amide bonds. The molecule has 0 spiro atoms. The minimum Gasteiger partial charge on any atom is -0.349 e. The van der Waals surface area contributed by atoms with Gasteiger partial charge < -0.3 is 5.32 Å². The number of hydrogen-bond donors (Lipinski definition) is 1. The van der Waals surface area contributed by atoms with E-state index >= 15 is 0 Å². The zero-order chi connectivity index (χ0) is 13.1. The van der Waals surface area contributed by atoms with Crippen LogP contribution in [-0.4, -0.2) is 11.9 Å². The molecule has 1 aromatic carbocycles. The number of hydrogen-bond acceptors (Lipinski definition) is 2. The van der Waals surface area contributed by atoms with Crippen LogP contribution < -0.4 is 5.32 Å². The van der Waals surface area contributed by atoms with Gasteiger partial charge in [0.2, 0.25) is 0 Å². The fourth-order valence-corrected chi connectivity index (χ4v) is 1.88. The van der Waals surface area contributed by atoms with Crippen molar-refractivity contribution in [3.8, 4) is 6.07 Å². The molecule has 3 nitrogen and oxygen atoms in total. The molecule has 2 rings (SSSR count). The van der Waals surface area contributed by atoms with Crippen molar-refractivity contribution in [2.24, 2.45) is 0 Å². The molecule has 1 fully saturated rings. The van der Waals surface area contributed by atoms with Gasteiger partial charge in [-0.25, -0.2) is 0 Å². The minimum absolute atomic E-state index is 0.0473. The van der Waals surface area contributed by atoms with Crippen LogP contribution in [0.5, 0.6) is 0 Å². The van der Waals surface area contributed by atoms with Crippen LogP contribution in [0.2, 0.25) is 10.0 Å². The maximum atomic E-state index is 11.7. The summed E-state index contributed by atoms with van der Waals surface area (Å²) in [5, 5.41) is 12.7. The van der Waals surface area contributed by atoms with Gasteiger partial charge in [0.25, 0.3) is 5.91 Å².